The van der Waals surface area contributed by atoms with Crippen LogP contribution >= 0.6 is 24.0 Å². The van der Waals surface area contributed by atoms with Crippen LogP contribution in [0.2, 0.25) is 0 Å². The predicted octanol–water partition coefficient (Wildman–Crippen LogP) is 3.84. The van der Waals surface area contributed by atoms with Gasteiger partial charge in [-0.2, -0.15) is 4.98 Å². The summed E-state index contributed by atoms with van der Waals surface area (Å²) in [5.41, 5.74) is 0.882. The third-order valence-corrected chi connectivity index (χ3v) is 5.77. The number of benzene rings is 1. The lowest BCUT2D eigenvalue weighted by Gasteiger charge is -2.30. The first-order chi connectivity index (χ1) is 15.7. The van der Waals surface area contributed by atoms with E-state index in [0.717, 1.165) is 49.0 Å². The highest BCUT2D eigenvalue weighted by Crippen LogP contribution is 2.32. The Bertz CT molecular complexity index is 898. The molecule has 33 heavy (non-hydrogen) atoms. The standard InChI is InChI=1S/C23H34N6O3.HI/c1-17-7-11-29(12-8-17)10-3-9-24-23(25-16-22-26-18(2)28-32-22)27-19-5-6-20-21(15-19)31-14-4-13-30-20;/h5-6,15,17H,3-4,7-14,16H2,1-2H3,(H2,24,25,27);1H. The van der Waals surface area contributed by atoms with Gasteiger partial charge in [-0.05, 0) is 63.9 Å². The number of fused-ring (bicyclic) bond motifs is 1. The van der Waals surface area contributed by atoms with E-state index in [2.05, 4.69) is 37.6 Å². The first kappa shape index (κ1) is 25.5. The summed E-state index contributed by atoms with van der Waals surface area (Å²) in [5.74, 6) is 4.15. The summed E-state index contributed by atoms with van der Waals surface area (Å²) in [6.07, 6.45) is 4.53. The van der Waals surface area contributed by atoms with Crippen molar-refractivity contribution in [3.8, 4) is 11.5 Å². The van der Waals surface area contributed by atoms with Gasteiger partial charge in [0, 0.05) is 24.7 Å². The number of piperidine rings is 1. The molecule has 4 rings (SSSR count). The van der Waals surface area contributed by atoms with Crippen LogP contribution in [0.4, 0.5) is 5.69 Å². The smallest absolute Gasteiger partial charge is 0.248 e. The minimum atomic E-state index is 0. The lowest BCUT2D eigenvalue weighted by Crippen LogP contribution is -2.36. The number of anilines is 1. The Labute approximate surface area is 212 Å². The molecule has 2 aliphatic rings. The molecular formula is C23H35IN6O3. The van der Waals surface area contributed by atoms with Crippen molar-refractivity contribution in [2.75, 3.05) is 44.7 Å². The molecule has 3 heterocycles. The first-order valence-corrected chi connectivity index (χ1v) is 11.6. The van der Waals surface area contributed by atoms with Crippen molar-refractivity contribution in [1.82, 2.24) is 20.4 Å². The second kappa shape index (κ2) is 13.0. The highest BCUT2D eigenvalue weighted by Gasteiger charge is 2.15. The molecule has 2 aliphatic heterocycles. The quantitative estimate of drug-likeness (QED) is 0.225. The average Bonchev–Trinajstić information content (AvgIpc) is 3.07. The van der Waals surface area contributed by atoms with Gasteiger partial charge in [-0.3, -0.25) is 0 Å². The number of nitrogens with zero attached hydrogens (tertiary/aromatic N) is 4. The van der Waals surface area contributed by atoms with E-state index in [9.17, 15) is 0 Å². The van der Waals surface area contributed by atoms with Gasteiger partial charge in [0.2, 0.25) is 5.89 Å². The zero-order chi connectivity index (χ0) is 22.2. The highest BCUT2D eigenvalue weighted by molar-refractivity contribution is 14.0. The topological polar surface area (TPSA) is 97.0 Å². The van der Waals surface area contributed by atoms with Gasteiger partial charge in [-0.15, -0.1) is 24.0 Å². The molecule has 10 heteroatoms. The lowest BCUT2D eigenvalue weighted by molar-refractivity contribution is 0.191. The van der Waals surface area contributed by atoms with Gasteiger partial charge >= 0.3 is 0 Å². The van der Waals surface area contributed by atoms with E-state index in [1.54, 1.807) is 6.92 Å². The van der Waals surface area contributed by atoms with E-state index in [0.29, 0.717) is 37.4 Å². The van der Waals surface area contributed by atoms with Crippen LogP contribution in [0.1, 0.15) is 44.3 Å². The van der Waals surface area contributed by atoms with Crippen molar-refractivity contribution in [3.63, 3.8) is 0 Å². The molecule has 182 valence electrons. The first-order valence-electron chi connectivity index (χ1n) is 11.6. The largest absolute Gasteiger partial charge is 0.490 e. The number of nitrogens with one attached hydrogen (secondary N) is 2. The second-order valence-corrected chi connectivity index (χ2v) is 8.54. The molecule has 0 amide bonds. The molecular weight excluding hydrogens is 535 g/mol. The van der Waals surface area contributed by atoms with Crippen molar-refractivity contribution in [2.45, 2.75) is 46.1 Å². The molecule has 2 N–H and O–H groups in total. The molecule has 0 atom stereocenters. The number of likely N-dealkylation sites (tertiary alicyclic amines) is 1. The molecule has 1 fully saturated rings. The number of hydrogen-bond acceptors (Lipinski definition) is 7. The third-order valence-electron chi connectivity index (χ3n) is 5.77. The Morgan fingerprint density at radius 2 is 1.97 bits per heavy atom. The lowest BCUT2D eigenvalue weighted by atomic mass is 9.99. The summed E-state index contributed by atoms with van der Waals surface area (Å²) in [4.78, 5) is 11.4. The zero-order valence-electron chi connectivity index (χ0n) is 19.5. The molecule has 2 aromatic rings. The van der Waals surface area contributed by atoms with Crippen LogP contribution in [-0.4, -0.2) is 60.4 Å². The molecule has 1 saturated heterocycles. The Morgan fingerprint density at radius 3 is 2.73 bits per heavy atom. The van der Waals surface area contributed by atoms with Crippen LogP contribution < -0.4 is 20.1 Å². The number of aryl methyl sites for hydroxylation is 1. The molecule has 1 aromatic carbocycles. The average molecular weight is 570 g/mol. The number of rotatable bonds is 7. The SMILES string of the molecule is Cc1noc(CN=C(NCCCN2CCC(C)CC2)Nc2ccc3c(c2)OCCCO3)n1.I. The maximum absolute atomic E-state index is 5.81. The summed E-state index contributed by atoms with van der Waals surface area (Å²) < 4.78 is 16.7. The summed E-state index contributed by atoms with van der Waals surface area (Å²) in [6, 6.07) is 5.85. The van der Waals surface area contributed by atoms with Crippen LogP contribution in [0.15, 0.2) is 27.7 Å². The van der Waals surface area contributed by atoms with E-state index in [1.165, 1.54) is 25.9 Å². The van der Waals surface area contributed by atoms with Gasteiger partial charge in [-0.1, -0.05) is 12.1 Å². The third kappa shape index (κ3) is 8.02. The van der Waals surface area contributed by atoms with E-state index in [4.69, 9.17) is 14.0 Å². The molecule has 0 aliphatic carbocycles. The number of hydrogen-bond donors (Lipinski definition) is 2. The summed E-state index contributed by atoms with van der Waals surface area (Å²) in [6.45, 7) is 10.1. The van der Waals surface area contributed by atoms with Crippen LogP contribution in [0.3, 0.4) is 0 Å². The van der Waals surface area contributed by atoms with E-state index in [-0.39, 0.29) is 24.0 Å². The maximum atomic E-state index is 5.81. The van der Waals surface area contributed by atoms with Crippen LogP contribution in [0, 0.1) is 12.8 Å². The van der Waals surface area contributed by atoms with E-state index >= 15 is 0 Å². The van der Waals surface area contributed by atoms with Crippen molar-refractivity contribution in [1.29, 1.82) is 0 Å². The Hall–Kier alpha value is -2.08. The van der Waals surface area contributed by atoms with E-state index in [1.807, 2.05) is 18.2 Å². The van der Waals surface area contributed by atoms with Gasteiger partial charge in [0.1, 0.15) is 6.54 Å². The fraction of sp³-hybridized carbons (Fsp3) is 0.609. The molecule has 0 radical (unpaired) electrons. The number of aliphatic imine (C=N–C) groups is 1. The highest BCUT2D eigenvalue weighted by atomic mass is 127. The second-order valence-electron chi connectivity index (χ2n) is 8.54. The minimum Gasteiger partial charge on any atom is -0.490 e. The van der Waals surface area contributed by atoms with Crippen molar-refractivity contribution < 1.29 is 14.0 Å². The number of aromatic nitrogens is 2. The van der Waals surface area contributed by atoms with E-state index < -0.39 is 0 Å². The number of guanidine groups is 1. The summed E-state index contributed by atoms with van der Waals surface area (Å²) >= 11 is 0. The van der Waals surface area contributed by atoms with Gasteiger partial charge < -0.3 is 29.5 Å². The Kier molecular flexibility index (Phi) is 10.0. The molecule has 0 saturated carbocycles. The van der Waals surface area contributed by atoms with Gasteiger partial charge in [-0.25, -0.2) is 4.99 Å². The van der Waals surface area contributed by atoms with Crippen molar-refractivity contribution in [2.24, 2.45) is 10.9 Å². The molecule has 0 spiro atoms. The maximum Gasteiger partial charge on any atom is 0.248 e. The molecule has 1 aromatic heterocycles. The molecule has 0 unspecified atom stereocenters. The summed E-state index contributed by atoms with van der Waals surface area (Å²) in [7, 11) is 0. The molecule has 9 nitrogen and oxygen atoms in total. The summed E-state index contributed by atoms with van der Waals surface area (Å²) in [5, 5.41) is 10.6. The van der Waals surface area contributed by atoms with Crippen molar-refractivity contribution >= 4 is 35.6 Å². The van der Waals surface area contributed by atoms with Gasteiger partial charge in [0.25, 0.3) is 0 Å². The number of ether oxygens (including phenoxy) is 2. The monoisotopic (exact) mass is 570 g/mol. The molecule has 0 bridgehead atoms. The van der Waals surface area contributed by atoms with Gasteiger partial charge in [0.05, 0.1) is 13.2 Å². The fourth-order valence-corrected chi connectivity index (χ4v) is 3.86. The fourth-order valence-electron chi connectivity index (χ4n) is 3.86. The van der Waals surface area contributed by atoms with Gasteiger partial charge in [0.15, 0.2) is 23.3 Å². The predicted molar refractivity (Wildman–Crippen MR) is 139 cm³/mol. The zero-order valence-corrected chi connectivity index (χ0v) is 21.8. The Morgan fingerprint density at radius 1 is 1.18 bits per heavy atom. The normalized spacial score (nSPS) is 17.2. The van der Waals surface area contributed by atoms with Crippen LogP contribution in [0.5, 0.6) is 11.5 Å². The van der Waals surface area contributed by atoms with Crippen LogP contribution in [-0.2, 0) is 6.54 Å². The van der Waals surface area contributed by atoms with Crippen LogP contribution in [0.25, 0.3) is 0 Å². The minimum absolute atomic E-state index is 0. The Balaban J connectivity index is 0.00000306. The van der Waals surface area contributed by atoms with Crippen molar-refractivity contribution in [3.05, 3.63) is 29.9 Å². The number of halogens is 1.